The first-order valence-corrected chi connectivity index (χ1v) is 6.49. The van der Waals surface area contributed by atoms with Crippen LogP contribution in [-0.4, -0.2) is 15.0 Å². The van der Waals surface area contributed by atoms with E-state index in [1.165, 1.54) is 16.7 Å². The summed E-state index contributed by atoms with van der Waals surface area (Å²) < 4.78 is 0. The molecule has 0 aliphatic heterocycles. The second kappa shape index (κ2) is 4.50. The third-order valence-electron chi connectivity index (χ3n) is 3.39. The molecule has 3 nitrogen and oxygen atoms in total. The maximum atomic E-state index is 4.55. The molecular formula is C16H17N3. The number of rotatable bonds is 2. The fraction of sp³-hybridized carbons (Fsp3) is 0.250. The number of nitrogens with one attached hydrogen (secondary N) is 1. The Bertz CT molecular complexity index is 741. The minimum Gasteiger partial charge on any atom is -0.340 e. The van der Waals surface area contributed by atoms with Crippen molar-refractivity contribution >= 4 is 11.2 Å². The van der Waals surface area contributed by atoms with Gasteiger partial charge in [-0.05, 0) is 43.5 Å². The zero-order valence-corrected chi connectivity index (χ0v) is 11.5. The van der Waals surface area contributed by atoms with Gasteiger partial charge in [0.2, 0.25) is 0 Å². The molecule has 2 aromatic heterocycles. The number of aromatic nitrogens is 3. The van der Waals surface area contributed by atoms with Crippen molar-refractivity contribution in [1.29, 1.82) is 0 Å². The molecule has 0 bridgehead atoms. The van der Waals surface area contributed by atoms with Crippen molar-refractivity contribution in [1.82, 2.24) is 15.0 Å². The third-order valence-corrected chi connectivity index (χ3v) is 3.39. The lowest BCUT2D eigenvalue weighted by atomic mass is 10.0. The van der Waals surface area contributed by atoms with Gasteiger partial charge in [-0.1, -0.05) is 23.8 Å². The average molecular weight is 251 g/mol. The SMILES string of the molecule is Cc1ccc(C)c(Cc2nc3ncc(C)cc3[nH]2)c1. The summed E-state index contributed by atoms with van der Waals surface area (Å²) in [6, 6.07) is 8.61. The van der Waals surface area contributed by atoms with Gasteiger partial charge in [0.1, 0.15) is 5.82 Å². The molecule has 0 saturated heterocycles. The molecule has 1 aromatic carbocycles. The molecule has 0 aliphatic carbocycles. The fourth-order valence-electron chi connectivity index (χ4n) is 2.31. The Kier molecular flexibility index (Phi) is 2.82. The van der Waals surface area contributed by atoms with E-state index in [4.69, 9.17) is 0 Å². The van der Waals surface area contributed by atoms with E-state index in [2.05, 4.69) is 53.1 Å². The highest BCUT2D eigenvalue weighted by Crippen LogP contribution is 2.16. The standard InChI is InChI=1S/C16H17N3/c1-10-4-5-12(3)13(6-10)8-15-18-14-7-11(2)9-17-16(14)19-15/h4-7,9H,8H2,1-3H3,(H,17,18,19). The maximum Gasteiger partial charge on any atom is 0.177 e. The van der Waals surface area contributed by atoms with Crippen LogP contribution in [0.2, 0.25) is 0 Å². The van der Waals surface area contributed by atoms with Crippen molar-refractivity contribution in [2.75, 3.05) is 0 Å². The molecular weight excluding hydrogens is 234 g/mol. The molecule has 0 radical (unpaired) electrons. The maximum absolute atomic E-state index is 4.55. The Hall–Kier alpha value is -2.16. The lowest BCUT2D eigenvalue weighted by Gasteiger charge is -2.04. The van der Waals surface area contributed by atoms with Gasteiger partial charge in [0.25, 0.3) is 0 Å². The number of hydrogen-bond donors (Lipinski definition) is 1. The van der Waals surface area contributed by atoms with Gasteiger partial charge in [0.05, 0.1) is 5.52 Å². The topological polar surface area (TPSA) is 41.6 Å². The Morgan fingerprint density at radius 2 is 1.89 bits per heavy atom. The second-order valence-corrected chi connectivity index (χ2v) is 5.17. The van der Waals surface area contributed by atoms with E-state index in [0.29, 0.717) is 0 Å². The van der Waals surface area contributed by atoms with Gasteiger partial charge in [-0.2, -0.15) is 0 Å². The molecule has 19 heavy (non-hydrogen) atoms. The number of aryl methyl sites for hydroxylation is 3. The number of nitrogens with zero attached hydrogens (tertiary/aromatic N) is 2. The lowest BCUT2D eigenvalue weighted by molar-refractivity contribution is 1.02. The van der Waals surface area contributed by atoms with Gasteiger partial charge < -0.3 is 4.98 Å². The third kappa shape index (κ3) is 2.36. The molecule has 3 rings (SSSR count). The van der Waals surface area contributed by atoms with Crippen molar-refractivity contribution in [3.05, 3.63) is 58.5 Å². The summed E-state index contributed by atoms with van der Waals surface area (Å²) in [6.45, 7) is 6.30. The number of H-pyrrole nitrogens is 1. The second-order valence-electron chi connectivity index (χ2n) is 5.17. The van der Waals surface area contributed by atoms with E-state index in [1.54, 1.807) is 0 Å². The van der Waals surface area contributed by atoms with Crippen LogP contribution < -0.4 is 0 Å². The summed E-state index contributed by atoms with van der Waals surface area (Å²) >= 11 is 0. The van der Waals surface area contributed by atoms with Gasteiger partial charge in [-0.25, -0.2) is 9.97 Å². The van der Waals surface area contributed by atoms with Crippen LogP contribution in [0, 0.1) is 20.8 Å². The quantitative estimate of drug-likeness (QED) is 0.757. The molecule has 0 aliphatic rings. The first kappa shape index (κ1) is 11.9. The van der Waals surface area contributed by atoms with Gasteiger partial charge in [0, 0.05) is 12.6 Å². The van der Waals surface area contributed by atoms with E-state index in [1.807, 2.05) is 13.1 Å². The van der Waals surface area contributed by atoms with E-state index in [0.717, 1.165) is 29.0 Å². The summed E-state index contributed by atoms with van der Waals surface area (Å²) in [6.07, 6.45) is 2.67. The zero-order valence-electron chi connectivity index (χ0n) is 11.5. The Balaban J connectivity index is 1.98. The largest absolute Gasteiger partial charge is 0.340 e. The summed E-state index contributed by atoms with van der Waals surface area (Å²) in [5, 5.41) is 0. The first-order chi connectivity index (χ1) is 9.11. The first-order valence-electron chi connectivity index (χ1n) is 6.49. The molecule has 96 valence electrons. The van der Waals surface area contributed by atoms with E-state index in [-0.39, 0.29) is 0 Å². The fourth-order valence-corrected chi connectivity index (χ4v) is 2.31. The number of benzene rings is 1. The van der Waals surface area contributed by atoms with Crippen LogP contribution >= 0.6 is 0 Å². The van der Waals surface area contributed by atoms with Gasteiger partial charge in [-0.3, -0.25) is 0 Å². The van der Waals surface area contributed by atoms with Crippen molar-refractivity contribution in [2.45, 2.75) is 27.2 Å². The number of pyridine rings is 1. The normalized spacial score (nSPS) is 11.1. The highest BCUT2D eigenvalue weighted by Gasteiger charge is 2.07. The predicted octanol–water partition coefficient (Wildman–Crippen LogP) is 3.47. The number of fused-ring (bicyclic) bond motifs is 1. The van der Waals surface area contributed by atoms with Crippen molar-refractivity contribution in [2.24, 2.45) is 0 Å². The predicted molar refractivity (Wildman–Crippen MR) is 77.3 cm³/mol. The van der Waals surface area contributed by atoms with Crippen LogP contribution in [0.1, 0.15) is 28.1 Å². The molecule has 0 spiro atoms. The highest BCUT2D eigenvalue weighted by molar-refractivity contribution is 5.71. The van der Waals surface area contributed by atoms with Crippen molar-refractivity contribution < 1.29 is 0 Å². The molecule has 1 N–H and O–H groups in total. The molecule has 0 saturated carbocycles. The number of hydrogen-bond acceptors (Lipinski definition) is 2. The molecule has 2 heterocycles. The average Bonchev–Trinajstić information content (AvgIpc) is 2.75. The van der Waals surface area contributed by atoms with Crippen LogP contribution in [0.15, 0.2) is 30.5 Å². The minimum absolute atomic E-state index is 0.797. The molecule has 3 aromatic rings. The monoisotopic (exact) mass is 251 g/mol. The number of aromatic amines is 1. The van der Waals surface area contributed by atoms with E-state index in [9.17, 15) is 0 Å². The van der Waals surface area contributed by atoms with Crippen LogP contribution in [0.4, 0.5) is 0 Å². The smallest absolute Gasteiger partial charge is 0.177 e. The van der Waals surface area contributed by atoms with E-state index < -0.39 is 0 Å². The van der Waals surface area contributed by atoms with E-state index >= 15 is 0 Å². The molecule has 0 unspecified atom stereocenters. The molecule has 0 amide bonds. The summed E-state index contributed by atoms with van der Waals surface area (Å²) in [4.78, 5) is 12.3. The summed E-state index contributed by atoms with van der Waals surface area (Å²) in [7, 11) is 0. The Morgan fingerprint density at radius 3 is 2.74 bits per heavy atom. The van der Waals surface area contributed by atoms with Crippen LogP contribution in [0.3, 0.4) is 0 Å². The molecule has 0 atom stereocenters. The number of imidazole rings is 1. The van der Waals surface area contributed by atoms with Crippen LogP contribution in [0.5, 0.6) is 0 Å². The van der Waals surface area contributed by atoms with Gasteiger partial charge in [-0.15, -0.1) is 0 Å². The Morgan fingerprint density at radius 1 is 1.05 bits per heavy atom. The van der Waals surface area contributed by atoms with Gasteiger partial charge in [0.15, 0.2) is 5.65 Å². The summed E-state index contributed by atoms with van der Waals surface area (Å²) in [5.41, 5.74) is 6.86. The van der Waals surface area contributed by atoms with Gasteiger partial charge >= 0.3 is 0 Å². The summed E-state index contributed by atoms with van der Waals surface area (Å²) in [5.74, 6) is 0.974. The molecule has 0 fully saturated rings. The molecule has 3 heteroatoms. The van der Waals surface area contributed by atoms with Crippen LogP contribution in [0.25, 0.3) is 11.2 Å². The highest BCUT2D eigenvalue weighted by atomic mass is 15.0. The van der Waals surface area contributed by atoms with Crippen molar-refractivity contribution in [3.63, 3.8) is 0 Å². The lowest BCUT2D eigenvalue weighted by Crippen LogP contribution is -1.94. The zero-order chi connectivity index (χ0) is 13.4. The Labute approximate surface area is 112 Å². The van der Waals surface area contributed by atoms with Crippen LogP contribution in [-0.2, 0) is 6.42 Å². The minimum atomic E-state index is 0.797. The van der Waals surface area contributed by atoms with Crippen molar-refractivity contribution in [3.8, 4) is 0 Å².